The van der Waals surface area contributed by atoms with E-state index < -0.39 is 0 Å². The van der Waals surface area contributed by atoms with Gasteiger partial charge in [0, 0.05) is 38.4 Å². The number of hydrogen-bond acceptors (Lipinski definition) is 4. The van der Waals surface area contributed by atoms with Gasteiger partial charge < -0.3 is 15.5 Å². The van der Waals surface area contributed by atoms with Gasteiger partial charge in [-0.05, 0) is 43.7 Å². The summed E-state index contributed by atoms with van der Waals surface area (Å²) < 4.78 is 0. The molecule has 0 aromatic carbocycles. The van der Waals surface area contributed by atoms with E-state index >= 15 is 0 Å². The Hall–Kier alpha value is -1.62. The quantitative estimate of drug-likeness (QED) is 0.904. The van der Waals surface area contributed by atoms with Crippen molar-refractivity contribution in [2.75, 3.05) is 25.5 Å². The number of aryl methyl sites for hydroxylation is 2. The lowest BCUT2D eigenvalue weighted by atomic mass is 10.1. The van der Waals surface area contributed by atoms with Crippen LogP contribution in [0.1, 0.15) is 36.1 Å². The highest BCUT2D eigenvalue weighted by atomic mass is 16.2. The fraction of sp³-hybridized carbons (Fsp3) is 0.625. The lowest BCUT2D eigenvalue weighted by Gasteiger charge is -2.29. The minimum absolute atomic E-state index is 0.0859. The summed E-state index contributed by atoms with van der Waals surface area (Å²) in [5.41, 5.74) is 9.55. The van der Waals surface area contributed by atoms with E-state index in [0.29, 0.717) is 6.54 Å². The first-order chi connectivity index (χ1) is 10.1. The zero-order valence-electron chi connectivity index (χ0n) is 12.9. The number of aromatic nitrogens is 1. The number of hydrogen-bond donors (Lipinski definition) is 1. The van der Waals surface area contributed by atoms with Gasteiger partial charge in [0.2, 0.25) is 5.91 Å². The van der Waals surface area contributed by atoms with Gasteiger partial charge in [0.25, 0.3) is 0 Å². The molecule has 3 rings (SSSR count). The number of nitrogens with zero attached hydrogens (tertiary/aromatic N) is 3. The Balaban J connectivity index is 1.97. The molecular weight excluding hydrogens is 264 g/mol. The summed E-state index contributed by atoms with van der Waals surface area (Å²) in [5, 5.41) is 0. The standard InChI is InChI=1S/C16H24N4O/c1-19(2)16(21)14-7-4-8-20(14)15-12(10-17)9-11-5-3-6-13(11)18-15/h9,14H,3-8,10,17H2,1-2H3. The first-order valence-electron chi connectivity index (χ1n) is 7.81. The van der Waals surface area contributed by atoms with Crippen molar-refractivity contribution < 1.29 is 4.79 Å². The molecular formula is C16H24N4O. The second-order valence-electron chi connectivity index (χ2n) is 6.22. The third-order valence-electron chi connectivity index (χ3n) is 4.58. The molecule has 1 aromatic heterocycles. The van der Waals surface area contributed by atoms with Crippen LogP contribution in [0.15, 0.2) is 6.07 Å². The van der Waals surface area contributed by atoms with Gasteiger partial charge >= 0.3 is 0 Å². The number of amides is 1. The lowest BCUT2D eigenvalue weighted by molar-refractivity contribution is -0.129. The molecule has 2 heterocycles. The predicted molar refractivity (Wildman–Crippen MR) is 83.2 cm³/mol. The van der Waals surface area contributed by atoms with Crippen LogP contribution in [0.4, 0.5) is 5.82 Å². The fourth-order valence-electron chi connectivity index (χ4n) is 3.48. The molecule has 0 radical (unpaired) electrons. The van der Waals surface area contributed by atoms with Crippen LogP contribution in [0.2, 0.25) is 0 Å². The molecule has 1 aliphatic heterocycles. The second-order valence-corrected chi connectivity index (χ2v) is 6.22. The molecule has 114 valence electrons. The Labute approximate surface area is 126 Å². The normalized spacial score (nSPS) is 20.7. The largest absolute Gasteiger partial charge is 0.347 e. The number of nitrogens with two attached hydrogens (primary N) is 1. The van der Waals surface area contributed by atoms with Crippen LogP contribution >= 0.6 is 0 Å². The van der Waals surface area contributed by atoms with Crippen molar-refractivity contribution in [3.63, 3.8) is 0 Å². The van der Waals surface area contributed by atoms with Gasteiger partial charge in [-0.25, -0.2) is 4.98 Å². The molecule has 1 unspecified atom stereocenters. The smallest absolute Gasteiger partial charge is 0.244 e. The minimum Gasteiger partial charge on any atom is -0.347 e. The molecule has 1 aromatic rings. The highest BCUT2D eigenvalue weighted by Crippen LogP contribution is 2.31. The van der Waals surface area contributed by atoms with Crippen molar-refractivity contribution >= 4 is 11.7 Å². The van der Waals surface area contributed by atoms with Crippen LogP contribution in [-0.2, 0) is 24.2 Å². The van der Waals surface area contributed by atoms with Crippen molar-refractivity contribution in [2.24, 2.45) is 5.73 Å². The predicted octanol–water partition coefficient (Wildman–Crippen LogP) is 1.09. The Morgan fingerprint density at radius 1 is 1.43 bits per heavy atom. The molecule has 1 atom stereocenters. The third kappa shape index (κ3) is 2.50. The summed E-state index contributed by atoms with van der Waals surface area (Å²) in [5.74, 6) is 1.11. The van der Waals surface area contributed by atoms with Crippen LogP contribution in [0.5, 0.6) is 0 Å². The maximum Gasteiger partial charge on any atom is 0.244 e. The van der Waals surface area contributed by atoms with Crippen molar-refractivity contribution in [2.45, 2.75) is 44.7 Å². The van der Waals surface area contributed by atoms with Gasteiger partial charge in [0.05, 0.1) is 0 Å². The fourth-order valence-corrected chi connectivity index (χ4v) is 3.48. The number of rotatable bonds is 3. The van der Waals surface area contributed by atoms with Crippen LogP contribution in [-0.4, -0.2) is 42.5 Å². The van der Waals surface area contributed by atoms with E-state index in [0.717, 1.165) is 43.6 Å². The molecule has 2 aliphatic rings. The first kappa shape index (κ1) is 14.3. The van der Waals surface area contributed by atoms with Crippen molar-refractivity contribution in [1.82, 2.24) is 9.88 Å². The Morgan fingerprint density at radius 2 is 2.24 bits per heavy atom. The Kier molecular flexibility index (Phi) is 3.85. The maximum absolute atomic E-state index is 12.4. The summed E-state index contributed by atoms with van der Waals surface area (Å²) in [4.78, 5) is 21.1. The van der Waals surface area contributed by atoms with Crippen molar-refractivity contribution in [1.29, 1.82) is 0 Å². The third-order valence-corrected chi connectivity index (χ3v) is 4.58. The average molecular weight is 288 g/mol. The number of carbonyl (C=O) groups excluding carboxylic acids is 1. The maximum atomic E-state index is 12.4. The van der Waals surface area contributed by atoms with Crippen molar-refractivity contribution in [3.8, 4) is 0 Å². The van der Waals surface area contributed by atoms with E-state index in [2.05, 4.69) is 11.0 Å². The Bertz CT molecular complexity index is 555. The average Bonchev–Trinajstić information content (AvgIpc) is 3.12. The molecule has 0 bridgehead atoms. The summed E-state index contributed by atoms with van der Waals surface area (Å²) in [6, 6.07) is 2.12. The van der Waals surface area contributed by atoms with Gasteiger partial charge in [0.1, 0.15) is 11.9 Å². The first-order valence-corrected chi connectivity index (χ1v) is 7.81. The summed E-state index contributed by atoms with van der Waals surface area (Å²) in [7, 11) is 3.64. The van der Waals surface area contributed by atoms with E-state index in [4.69, 9.17) is 10.7 Å². The number of fused-ring (bicyclic) bond motifs is 1. The molecule has 5 nitrogen and oxygen atoms in total. The molecule has 0 saturated carbocycles. The van der Waals surface area contributed by atoms with Gasteiger partial charge in [0.15, 0.2) is 0 Å². The van der Waals surface area contributed by atoms with E-state index in [1.165, 1.54) is 17.7 Å². The minimum atomic E-state index is -0.0859. The van der Waals surface area contributed by atoms with Crippen LogP contribution in [0.25, 0.3) is 0 Å². The molecule has 1 fully saturated rings. The van der Waals surface area contributed by atoms with Crippen LogP contribution in [0, 0.1) is 0 Å². The molecule has 1 amide bonds. The van der Waals surface area contributed by atoms with Gasteiger partial charge in [-0.3, -0.25) is 4.79 Å². The molecule has 1 aliphatic carbocycles. The SMILES string of the molecule is CN(C)C(=O)C1CCCN1c1nc2c(cc1CN)CCC2. The molecule has 21 heavy (non-hydrogen) atoms. The summed E-state index contributed by atoms with van der Waals surface area (Å²) in [6.07, 6.45) is 5.27. The van der Waals surface area contributed by atoms with E-state index in [-0.39, 0.29) is 11.9 Å². The zero-order chi connectivity index (χ0) is 15.0. The highest BCUT2D eigenvalue weighted by Gasteiger charge is 2.34. The number of carbonyl (C=O) groups is 1. The summed E-state index contributed by atoms with van der Waals surface area (Å²) in [6.45, 7) is 1.37. The Morgan fingerprint density at radius 3 is 2.95 bits per heavy atom. The topological polar surface area (TPSA) is 62.5 Å². The second kappa shape index (κ2) is 5.64. The number of anilines is 1. The number of likely N-dealkylation sites (N-methyl/N-ethyl adjacent to an activating group) is 1. The van der Waals surface area contributed by atoms with Gasteiger partial charge in [-0.1, -0.05) is 0 Å². The monoisotopic (exact) mass is 288 g/mol. The number of pyridine rings is 1. The molecule has 2 N–H and O–H groups in total. The lowest BCUT2D eigenvalue weighted by Crippen LogP contribution is -2.43. The zero-order valence-corrected chi connectivity index (χ0v) is 12.9. The molecule has 5 heteroatoms. The van der Waals surface area contributed by atoms with Crippen LogP contribution in [0.3, 0.4) is 0 Å². The van der Waals surface area contributed by atoms with Crippen molar-refractivity contribution in [3.05, 3.63) is 22.9 Å². The molecule has 1 saturated heterocycles. The summed E-state index contributed by atoms with van der Waals surface area (Å²) >= 11 is 0. The van der Waals surface area contributed by atoms with E-state index in [1.54, 1.807) is 4.90 Å². The van der Waals surface area contributed by atoms with Gasteiger partial charge in [-0.2, -0.15) is 0 Å². The van der Waals surface area contributed by atoms with E-state index in [9.17, 15) is 4.79 Å². The van der Waals surface area contributed by atoms with Gasteiger partial charge in [-0.15, -0.1) is 0 Å². The van der Waals surface area contributed by atoms with E-state index in [1.807, 2.05) is 14.1 Å². The highest BCUT2D eigenvalue weighted by molar-refractivity contribution is 5.85. The molecule has 0 spiro atoms. The van der Waals surface area contributed by atoms with Crippen LogP contribution < -0.4 is 10.6 Å².